The molecule has 0 aliphatic heterocycles. The van der Waals surface area contributed by atoms with Gasteiger partial charge in [0.25, 0.3) is 0 Å². The molecule has 0 saturated heterocycles. The van der Waals surface area contributed by atoms with Crippen LogP contribution in [0, 0.1) is 18.4 Å². The fourth-order valence-electron chi connectivity index (χ4n) is 1.20. The van der Waals surface area contributed by atoms with Crippen LogP contribution in [0.5, 0.6) is 0 Å². The molecule has 0 unspecified atom stereocenters. The van der Waals surface area contributed by atoms with Crippen LogP contribution in [-0.4, -0.2) is 31.1 Å². The van der Waals surface area contributed by atoms with E-state index in [0.717, 1.165) is 27.6 Å². The van der Waals surface area contributed by atoms with Crippen molar-refractivity contribution in [2.45, 2.75) is 13.5 Å². The molecule has 0 bridgehead atoms. The minimum Gasteiger partial charge on any atom is -0.354 e. The van der Waals surface area contributed by atoms with Gasteiger partial charge in [-0.1, -0.05) is 0 Å². The molecule has 1 aromatic rings. The lowest BCUT2D eigenvalue weighted by Gasteiger charge is -2.07. The summed E-state index contributed by atoms with van der Waals surface area (Å²) in [5, 5.41) is 18.2. The quantitative estimate of drug-likeness (QED) is 0.246. The smallest absolute Gasteiger partial charge is 0.204 e. The molecule has 0 amide bonds. The number of rotatable bonds is 5. The van der Waals surface area contributed by atoms with Crippen molar-refractivity contribution in [3.8, 4) is 6.19 Å². The van der Waals surface area contributed by atoms with E-state index in [4.69, 9.17) is 5.26 Å². The highest BCUT2D eigenvalue weighted by Gasteiger charge is 2.03. The van der Waals surface area contributed by atoms with Gasteiger partial charge in [-0.3, -0.25) is 10.3 Å². The summed E-state index contributed by atoms with van der Waals surface area (Å²) >= 11 is 5.08. The van der Waals surface area contributed by atoms with Crippen LogP contribution in [0.1, 0.15) is 10.7 Å². The maximum atomic E-state index is 8.44. The Morgan fingerprint density at radius 2 is 2.33 bits per heavy atom. The number of aliphatic imine (C=N–C) groups is 1. The van der Waals surface area contributed by atoms with Crippen molar-refractivity contribution in [1.82, 2.24) is 20.9 Å². The van der Waals surface area contributed by atoms with Crippen molar-refractivity contribution in [2.24, 2.45) is 4.99 Å². The number of halogens is 1. The van der Waals surface area contributed by atoms with Crippen LogP contribution >= 0.6 is 27.3 Å². The minimum atomic E-state index is 0.479. The predicted molar refractivity (Wildman–Crippen MR) is 76.4 cm³/mol. The fourth-order valence-corrected chi connectivity index (χ4v) is 2.61. The van der Waals surface area contributed by atoms with E-state index in [9.17, 15) is 0 Å². The minimum absolute atomic E-state index is 0.479. The average molecular weight is 331 g/mol. The zero-order valence-corrected chi connectivity index (χ0v) is 12.7. The summed E-state index contributed by atoms with van der Waals surface area (Å²) in [4.78, 5) is 8.27. The van der Waals surface area contributed by atoms with Gasteiger partial charge in [-0.25, -0.2) is 4.98 Å². The van der Waals surface area contributed by atoms with Crippen LogP contribution in [0.25, 0.3) is 0 Å². The van der Waals surface area contributed by atoms with Gasteiger partial charge in [0.05, 0.1) is 9.48 Å². The first-order valence-corrected chi connectivity index (χ1v) is 6.96. The van der Waals surface area contributed by atoms with Crippen LogP contribution in [0.15, 0.2) is 8.78 Å². The van der Waals surface area contributed by atoms with E-state index in [0.29, 0.717) is 12.5 Å². The van der Waals surface area contributed by atoms with Gasteiger partial charge in [0.1, 0.15) is 5.01 Å². The average Bonchev–Trinajstić information content (AvgIpc) is 2.67. The number of thiazole rings is 1. The molecule has 0 aromatic carbocycles. The summed E-state index contributed by atoms with van der Waals surface area (Å²) in [6.45, 7) is 4.17. The maximum Gasteiger partial charge on any atom is 0.204 e. The Kier molecular flexibility index (Phi) is 6.64. The third kappa shape index (κ3) is 5.00. The van der Waals surface area contributed by atoms with E-state index in [1.165, 1.54) is 0 Å². The third-order valence-corrected chi connectivity index (χ3v) is 4.06. The summed E-state index contributed by atoms with van der Waals surface area (Å²) in [6.07, 6.45) is 1.82. The normalized spacial score (nSPS) is 11.1. The summed E-state index contributed by atoms with van der Waals surface area (Å²) < 4.78 is 1.08. The molecule has 98 valence electrons. The van der Waals surface area contributed by atoms with Crippen LogP contribution < -0.4 is 16.0 Å². The van der Waals surface area contributed by atoms with Gasteiger partial charge < -0.3 is 10.6 Å². The standard InChI is InChI=1S/C10H15BrN6S/c1-7-9(11)18-8(17-7)5-14-3-4-15-10(13-2)16-6-12/h14H,3-5H2,1-2H3,(H2,13,15,16). The first kappa shape index (κ1) is 14.9. The first-order chi connectivity index (χ1) is 8.67. The zero-order valence-electron chi connectivity index (χ0n) is 10.2. The second kappa shape index (κ2) is 8.02. The molecule has 18 heavy (non-hydrogen) atoms. The molecule has 1 aromatic heterocycles. The Balaban J connectivity index is 2.18. The van der Waals surface area contributed by atoms with Gasteiger partial charge in [0, 0.05) is 26.7 Å². The topological polar surface area (TPSA) is 85.1 Å². The highest BCUT2D eigenvalue weighted by atomic mass is 79.9. The lowest BCUT2D eigenvalue weighted by Crippen LogP contribution is -2.38. The van der Waals surface area contributed by atoms with Crippen molar-refractivity contribution >= 4 is 33.2 Å². The lowest BCUT2D eigenvalue weighted by atomic mass is 10.5. The molecule has 0 spiro atoms. The van der Waals surface area contributed by atoms with Gasteiger partial charge >= 0.3 is 0 Å². The summed E-state index contributed by atoms with van der Waals surface area (Å²) in [5.74, 6) is 0.479. The molecule has 1 rings (SSSR count). The molecular weight excluding hydrogens is 316 g/mol. The fraction of sp³-hybridized carbons (Fsp3) is 0.500. The van der Waals surface area contributed by atoms with Gasteiger partial charge in [-0.2, -0.15) is 5.26 Å². The number of nitriles is 1. The number of hydrogen-bond donors (Lipinski definition) is 3. The first-order valence-electron chi connectivity index (χ1n) is 5.35. The lowest BCUT2D eigenvalue weighted by molar-refractivity contribution is 0.665. The molecule has 0 fully saturated rings. The summed E-state index contributed by atoms with van der Waals surface area (Å²) in [7, 11) is 1.62. The number of hydrogen-bond acceptors (Lipinski definition) is 5. The SMILES string of the molecule is CN=C(NC#N)NCCNCc1nc(C)c(Br)s1. The molecule has 8 heteroatoms. The zero-order chi connectivity index (χ0) is 13.4. The van der Waals surface area contributed by atoms with E-state index in [1.807, 2.05) is 13.1 Å². The molecule has 0 aliphatic carbocycles. The van der Waals surface area contributed by atoms with E-state index >= 15 is 0 Å². The third-order valence-electron chi connectivity index (χ3n) is 2.05. The largest absolute Gasteiger partial charge is 0.354 e. The van der Waals surface area contributed by atoms with Gasteiger partial charge in [-0.15, -0.1) is 11.3 Å². The van der Waals surface area contributed by atoms with Crippen LogP contribution in [0.3, 0.4) is 0 Å². The van der Waals surface area contributed by atoms with E-state index in [-0.39, 0.29) is 0 Å². The number of aryl methyl sites for hydroxylation is 1. The van der Waals surface area contributed by atoms with Crippen molar-refractivity contribution in [2.75, 3.05) is 20.1 Å². The number of nitrogens with zero attached hydrogens (tertiary/aromatic N) is 3. The predicted octanol–water partition coefficient (Wildman–Crippen LogP) is 0.950. The maximum absolute atomic E-state index is 8.44. The monoisotopic (exact) mass is 330 g/mol. The molecule has 0 atom stereocenters. The second-order valence-corrected chi connectivity index (χ2v) is 5.78. The number of aromatic nitrogens is 1. The Hall–Kier alpha value is -1.17. The second-order valence-electron chi connectivity index (χ2n) is 3.38. The molecule has 0 saturated carbocycles. The Bertz CT molecular complexity index is 430. The van der Waals surface area contributed by atoms with Crippen molar-refractivity contribution < 1.29 is 0 Å². The van der Waals surface area contributed by atoms with Gasteiger partial charge in [0.15, 0.2) is 6.19 Å². The molecule has 0 aliphatic rings. The van der Waals surface area contributed by atoms with Crippen molar-refractivity contribution in [3.63, 3.8) is 0 Å². The van der Waals surface area contributed by atoms with Crippen LogP contribution in [-0.2, 0) is 6.54 Å². The van der Waals surface area contributed by atoms with Crippen LogP contribution in [0.2, 0.25) is 0 Å². The molecule has 3 N–H and O–H groups in total. The van der Waals surface area contributed by atoms with E-state index in [1.54, 1.807) is 18.4 Å². The van der Waals surface area contributed by atoms with E-state index < -0.39 is 0 Å². The highest BCUT2D eigenvalue weighted by molar-refractivity contribution is 9.11. The van der Waals surface area contributed by atoms with Crippen molar-refractivity contribution in [3.05, 3.63) is 14.5 Å². The Labute approximate surface area is 119 Å². The molecular formula is C10H15BrN6S. The van der Waals surface area contributed by atoms with E-state index in [2.05, 4.69) is 41.9 Å². The van der Waals surface area contributed by atoms with Gasteiger partial charge in [0.2, 0.25) is 5.96 Å². The number of guanidine groups is 1. The summed E-state index contributed by atoms with van der Waals surface area (Å²) in [6, 6.07) is 0. The van der Waals surface area contributed by atoms with Crippen LogP contribution in [0.4, 0.5) is 0 Å². The van der Waals surface area contributed by atoms with Gasteiger partial charge in [-0.05, 0) is 22.9 Å². The number of nitrogens with one attached hydrogen (secondary N) is 3. The summed E-state index contributed by atoms with van der Waals surface area (Å²) in [5.41, 5.74) is 1.02. The van der Waals surface area contributed by atoms with Crippen molar-refractivity contribution in [1.29, 1.82) is 5.26 Å². The molecule has 0 radical (unpaired) electrons. The highest BCUT2D eigenvalue weighted by Crippen LogP contribution is 2.23. The Morgan fingerprint density at radius 3 is 2.89 bits per heavy atom. The molecule has 6 nitrogen and oxygen atoms in total. The Morgan fingerprint density at radius 1 is 1.56 bits per heavy atom. The molecule has 1 heterocycles.